The predicted molar refractivity (Wildman–Crippen MR) is 90.6 cm³/mol. The maximum atomic E-state index is 12.4. The summed E-state index contributed by atoms with van der Waals surface area (Å²) in [6.45, 7) is 1.28. The molecule has 1 atom stereocenters. The number of hydrogen-bond acceptors (Lipinski definition) is 4. The van der Waals surface area contributed by atoms with Gasteiger partial charge in [0.1, 0.15) is 6.04 Å². The van der Waals surface area contributed by atoms with E-state index in [2.05, 4.69) is 10.6 Å². The minimum absolute atomic E-state index is 0.116. The first-order valence-electron chi connectivity index (χ1n) is 8.39. The highest BCUT2D eigenvalue weighted by atomic mass is 16.5. The van der Waals surface area contributed by atoms with Gasteiger partial charge in [-0.1, -0.05) is 30.3 Å². The molecule has 0 heterocycles. The zero-order chi connectivity index (χ0) is 17.2. The van der Waals surface area contributed by atoms with E-state index in [1.54, 1.807) is 7.11 Å². The van der Waals surface area contributed by atoms with Crippen molar-refractivity contribution >= 4 is 11.8 Å². The van der Waals surface area contributed by atoms with Crippen LogP contribution in [0, 0.1) is 0 Å². The van der Waals surface area contributed by atoms with Crippen LogP contribution in [0.1, 0.15) is 24.8 Å². The fraction of sp³-hybridized carbons (Fsp3) is 0.556. The molecule has 0 saturated heterocycles. The summed E-state index contributed by atoms with van der Waals surface area (Å²) in [5.41, 5.74) is 1.02. The van der Waals surface area contributed by atoms with Crippen molar-refractivity contribution in [2.75, 3.05) is 26.9 Å². The fourth-order valence-corrected chi connectivity index (χ4v) is 2.26. The van der Waals surface area contributed by atoms with Crippen LogP contribution in [-0.4, -0.2) is 50.8 Å². The van der Waals surface area contributed by atoms with Gasteiger partial charge in [-0.25, -0.2) is 0 Å². The van der Waals surface area contributed by atoms with E-state index < -0.39 is 6.04 Å². The molecule has 1 aromatic carbocycles. The second-order valence-corrected chi connectivity index (χ2v) is 5.95. The SMILES string of the molecule is COCCOCCC(=O)N[C@@H](Cc1ccccc1)C(=O)NC1CC1. The Morgan fingerprint density at radius 1 is 1.17 bits per heavy atom. The van der Waals surface area contributed by atoms with Crippen molar-refractivity contribution in [1.29, 1.82) is 0 Å². The number of amides is 2. The first-order chi connectivity index (χ1) is 11.7. The van der Waals surface area contributed by atoms with Crippen LogP contribution in [0.5, 0.6) is 0 Å². The molecule has 0 aliphatic heterocycles. The van der Waals surface area contributed by atoms with Gasteiger partial charge < -0.3 is 20.1 Å². The van der Waals surface area contributed by atoms with E-state index in [4.69, 9.17) is 9.47 Å². The maximum Gasteiger partial charge on any atom is 0.243 e. The Kier molecular flexibility index (Phi) is 7.71. The minimum atomic E-state index is -0.556. The highest BCUT2D eigenvalue weighted by molar-refractivity contribution is 5.88. The van der Waals surface area contributed by atoms with Crippen molar-refractivity contribution < 1.29 is 19.1 Å². The van der Waals surface area contributed by atoms with Gasteiger partial charge >= 0.3 is 0 Å². The summed E-state index contributed by atoms with van der Waals surface area (Å²) in [4.78, 5) is 24.5. The number of benzene rings is 1. The molecule has 6 heteroatoms. The first-order valence-corrected chi connectivity index (χ1v) is 8.39. The van der Waals surface area contributed by atoms with E-state index in [0.29, 0.717) is 26.2 Å². The number of carbonyl (C=O) groups is 2. The van der Waals surface area contributed by atoms with Crippen molar-refractivity contribution in [3.63, 3.8) is 0 Å². The Morgan fingerprint density at radius 3 is 2.58 bits per heavy atom. The topological polar surface area (TPSA) is 76.7 Å². The van der Waals surface area contributed by atoms with Crippen molar-refractivity contribution in [2.24, 2.45) is 0 Å². The molecule has 2 rings (SSSR count). The molecule has 0 aromatic heterocycles. The molecule has 0 spiro atoms. The van der Waals surface area contributed by atoms with Crippen molar-refractivity contribution in [3.05, 3.63) is 35.9 Å². The molecule has 0 unspecified atom stereocenters. The molecule has 0 radical (unpaired) electrons. The molecular weight excluding hydrogens is 308 g/mol. The zero-order valence-corrected chi connectivity index (χ0v) is 14.1. The number of carbonyl (C=O) groups excluding carboxylic acids is 2. The molecule has 132 valence electrons. The van der Waals surface area contributed by atoms with E-state index in [1.807, 2.05) is 30.3 Å². The molecule has 1 saturated carbocycles. The lowest BCUT2D eigenvalue weighted by Gasteiger charge is -2.18. The number of methoxy groups -OCH3 is 1. The Morgan fingerprint density at radius 2 is 1.92 bits per heavy atom. The Bertz CT molecular complexity index is 517. The smallest absolute Gasteiger partial charge is 0.243 e. The molecule has 2 amide bonds. The summed E-state index contributed by atoms with van der Waals surface area (Å²) < 4.78 is 10.2. The zero-order valence-electron chi connectivity index (χ0n) is 14.1. The quantitative estimate of drug-likeness (QED) is 0.593. The van der Waals surface area contributed by atoms with Crippen LogP contribution in [0.2, 0.25) is 0 Å². The van der Waals surface area contributed by atoms with Crippen molar-refractivity contribution in [2.45, 2.75) is 37.8 Å². The molecule has 24 heavy (non-hydrogen) atoms. The van der Waals surface area contributed by atoms with Crippen molar-refractivity contribution in [1.82, 2.24) is 10.6 Å². The summed E-state index contributed by atoms with van der Waals surface area (Å²) >= 11 is 0. The molecule has 2 N–H and O–H groups in total. The van der Waals surface area contributed by atoms with Gasteiger partial charge in [0.2, 0.25) is 11.8 Å². The van der Waals surface area contributed by atoms with Gasteiger partial charge in [-0.2, -0.15) is 0 Å². The van der Waals surface area contributed by atoms with Crippen LogP contribution in [0.3, 0.4) is 0 Å². The van der Waals surface area contributed by atoms with Crippen LogP contribution in [0.15, 0.2) is 30.3 Å². The van der Waals surface area contributed by atoms with Crippen LogP contribution in [-0.2, 0) is 25.5 Å². The second-order valence-electron chi connectivity index (χ2n) is 5.95. The standard InChI is InChI=1S/C18H26N2O4/c1-23-11-12-24-10-9-17(21)20-16(18(22)19-15-7-8-15)13-14-5-3-2-4-6-14/h2-6,15-16H,7-13H2,1H3,(H,19,22)(H,20,21)/t16-/m0/s1. The third-order valence-electron chi connectivity index (χ3n) is 3.76. The van der Waals surface area contributed by atoms with Gasteiger partial charge in [-0.15, -0.1) is 0 Å². The summed E-state index contributed by atoms with van der Waals surface area (Å²) in [7, 11) is 1.60. The van der Waals surface area contributed by atoms with Gasteiger partial charge in [0, 0.05) is 26.0 Å². The third-order valence-corrected chi connectivity index (χ3v) is 3.76. The fourth-order valence-electron chi connectivity index (χ4n) is 2.26. The Balaban J connectivity index is 1.82. The molecular formula is C18H26N2O4. The predicted octanol–water partition coefficient (Wildman–Crippen LogP) is 1.05. The van der Waals surface area contributed by atoms with Crippen LogP contribution in [0.25, 0.3) is 0 Å². The molecule has 6 nitrogen and oxygen atoms in total. The number of nitrogens with one attached hydrogen (secondary N) is 2. The molecule has 1 aromatic rings. The maximum absolute atomic E-state index is 12.4. The highest BCUT2D eigenvalue weighted by Gasteiger charge is 2.28. The van der Waals surface area contributed by atoms with Gasteiger partial charge in [0.05, 0.1) is 19.8 Å². The molecule has 1 aliphatic rings. The van der Waals surface area contributed by atoms with E-state index >= 15 is 0 Å². The summed E-state index contributed by atoms with van der Waals surface area (Å²) in [5, 5.41) is 5.79. The Labute approximate surface area is 142 Å². The number of ether oxygens (including phenoxy) is 2. The summed E-state index contributed by atoms with van der Waals surface area (Å²) in [6, 6.07) is 9.41. The lowest BCUT2D eigenvalue weighted by atomic mass is 10.0. The van der Waals surface area contributed by atoms with Gasteiger partial charge in [0.15, 0.2) is 0 Å². The average molecular weight is 334 g/mol. The lowest BCUT2D eigenvalue weighted by Crippen LogP contribution is -2.48. The van der Waals surface area contributed by atoms with Gasteiger partial charge in [0.25, 0.3) is 0 Å². The summed E-state index contributed by atoms with van der Waals surface area (Å²) in [5.74, 6) is -0.297. The van der Waals surface area contributed by atoms with E-state index in [0.717, 1.165) is 18.4 Å². The lowest BCUT2D eigenvalue weighted by molar-refractivity contribution is -0.129. The number of hydrogen-bond donors (Lipinski definition) is 2. The van der Waals surface area contributed by atoms with E-state index in [-0.39, 0.29) is 24.3 Å². The first kappa shape index (κ1) is 18.4. The van der Waals surface area contributed by atoms with Crippen LogP contribution in [0.4, 0.5) is 0 Å². The van der Waals surface area contributed by atoms with Crippen molar-refractivity contribution in [3.8, 4) is 0 Å². The molecule has 0 bridgehead atoms. The van der Waals surface area contributed by atoms with Gasteiger partial charge in [-0.3, -0.25) is 9.59 Å². The largest absolute Gasteiger partial charge is 0.382 e. The second kappa shape index (κ2) is 10.1. The Hall–Kier alpha value is -1.92. The average Bonchev–Trinajstić information content (AvgIpc) is 3.39. The highest BCUT2D eigenvalue weighted by Crippen LogP contribution is 2.19. The van der Waals surface area contributed by atoms with E-state index in [9.17, 15) is 9.59 Å². The normalized spacial score (nSPS) is 14.9. The third kappa shape index (κ3) is 7.10. The van der Waals surface area contributed by atoms with Crippen LogP contribution < -0.4 is 10.6 Å². The monoisotopic (exact) mass is 334 g/mol. The number of rotatable bonds is 11. The summed E-state index contributed by atoms with van der Waals surface area (Å²) in [6.07, 6.45) is 2.75. The minimum Gasteiger partial charge on any atom is -0.382 e. The van der Waals surface area contributed by atoms with Crippen LogP contribution >= 0.6 is 0 Å². The molecule has 1 fully saturated rings. The van der Waals surface area contributed by atoms with E-state index in [1.165, 1.54) is 0 Å². The van der Waals surface area contributed by atoms with Gasteiger partial charge in [-0.05, 0) is 18.4 Å². The molecule has 1 aliphatic carbocycles.